The predicted octanol–water partition coefficient (Wildman–Crippen LogP) is 4.04. The van der Waals surface area contributed by atoms with Gasteiger partial charge in [-0.15, -0.1) is 0 Å². The molecule has 1 aromatic rings. The van der Waals surface area contributed by atoms with Crippen molar-refractivity contribution in [2.75, 3.05) is 13.2 Å². The lowest BCUT2D eigenvalue weighted by atomic mass is 9.86. The average molecular weight is 465 g/mol. The Morgan fingerprint density at radius 3 is 2.91 bits per heavy atom. The minimum absolute atomic E-state index is 0.00578. The predicted molar refractivity (Wildman–Crippen MR) is 122 cm³/mol. The lowest BCUT2D eigenvalue weighted by Gasteiger charge is -2.21. The highest BCUT2D eigenvalue weighted by Gasteiger charge is 2.43. The molecule has 0 spiro atoms. The van der Waals surface area contributed by atoms with Crippen LogP contribution in [-0.2, 0) is 14.3 Å². The summed E-state index contributed by atoms with van der Waals surface area (Å²) >= 11 is 0. The molecule has 0 amide bonds. The van der Waals surface area contributed by atoms with Gasteiger partial charge in [0.2, 0.25) is 0 Å². The van der Waals surface area contributed by atoms with E-state index in [1.165, 1.54) is 12.1 Å². The molecule has 1 heterocycles. The van der Waals surface area contributed by atoms with Crippen LogP contribution < -0.4 is 4.74 Å². The maximum atomic E-state index is 13.2. The first-order valence-corrected chi connectivity index (χ1v) is 12.1. The van der Waals surface area contributed by atoms with Gasteiger partial charge in [0.1, 0.15) is 24.3 Å². The van der Waals surface area contributed by atoms with Crippen molar-refractivity contribution in [1.82, 2.24) is 0 Å². The molecule has 0 bridgehead atoms. The smallest absolute Gasteiger partial charge is 0.306 e. The van der Waals surface area contributed by atoms with E-state index in [0.29, 0.717) is 31.1 Å². The molecule has 0 radical (unpaired) electrons. The van der Waals surface area contributed by atoms with Crippen LogP contribution >= 0.6 is 0 Å². The average Bonchev–Trinajstić information content (AvgIpc) is 2.92. The molecule has 6 atom stereocenters. The Bertz CT molecular complexity index is 782. The molecule has 2 N–H and O–H groups in total. The van der Waals surface area contributed by atoms with E-state index < -0.39 is 12.2 Å². The minimum atomic E-state index is -0.857. The highest BCUT2D eigenvalue weighted by molar-refractivity contribution is 5.69. The molecule has 7 heteroatoms. The second-order valence-electron chi connectivity index (χ2n) is 9.51. The second-order valence-corrected chi connectivity index (χ2v) is 9.51. The molecule has 1 aliphatic heterocycles. The molecule has 0 unspecified atom stereocenters. The van der Waals surface area contributed by atoms with Crippen LogP contribution in [0, 0.1) is 23.6 Å². The topological polar surface area (TPSA) is 85.2 Å². The number of carbonyl (C=O) groups is 1. The number of benzene rings is 1. The molecular weight excluding hydrogens is 427 g/mol. The first kappa shape index (κ1) is 25.7. The summed E-state index contributed by atoms with van der Waals surface area (Å²) in [5, 5.41) is 20.8. The third kappa shape index (κ3) is 8.09. The SMILES string of the molecule is CC(C)OC(=O)CCC[C@H]1CC[C@@H]2[C@@H](/C=C/[C@@H](O)COc3cccc(F)c3)[C@H](O)C[C@@H]2OC1. The first-order valence-electron chi connectivity index (χ1n) is 12.1. The first-order chi connectivity index (χ1) is 15.8. The van der Waals surface area contributed by atoms with E-state index in [2.05, 4.69) is 0 Å². The van der Waals surface area contributed by atoms with Crippen molar-refractivity contribution in [3.8, 4) is 5.75 Å². The monoisotopic (exact) mass is 464 g/mol. The fourth-order valence-corrected chi connectivity index (χ4v) is 4.85. The summed E-state index contributed by atoms with van der Waals surface area (Å²) in [4.78, 5) is 11.7. The van der Waals surface area contributed by atoms with E-state index in [4.69, 9.17) is 14.2 Å². The van der Waals surface area contributed by atoms with Crippen molar-refractivity contribution in [1.29, 1.82) is 0 Å². The molecular formula is C26H37FO6. The number of ether oxygens (including phenoxy) is 3. The molecule has 1 saturated heterocycles. The molecule has 3 rings (SSSR count). The van der Waals surface area contributed by atoms with E-state index in [1.807, 2.05) is 19.9 Å². The van der Waals surface area contributed by atoms with Gasteiger partial charge in [-0.2, -0.15) is 0 Å². The van der Waals surface area contributed by atoms with E-state index in [0.717, 1.165) is 25.7 Å². The third-order valence-electron chi connectivity index (χ3n) is 6.48. The van der Waals surface area contributed by atoms with Crippen molar-refractivity contribution < 1.29 is 33.6 Å². The summed E-state index contributed by atoms with van der Waals surface area (Å²) in [7, 11) is 0. The van der Waals surface area contributed by atoms with E-state index in [1.54, 1.807) is 18.2 Å². The Morgan fingerprint density at radius 2 is 2.15 bits per heavy atom. The van der Waals surface area contributed by atoms with Gasteiger partial charge in [-0.1, -0.05) is 18.2 Å². The molecule has 1 saturated carbocycles. The quantitative estimate of drug-likeness (QED) is 0.402. The van der Waals surface area contributed by atoms with Gasteiger partial charge in [0, 0.05) is 31.4 Å². The number of halogens is 1. The van der Waals surface area contributed by atoms with Gasteiger partial charge in [0.05, 0.1) is 18.3 Å². The molecule has 33 heavy (non-hydrogen) atoms. The number of carbonyl (C=O) groups excluding carboxylic acids is 1. The van der Waals surface area contributed by atoms with Crippen molar-refractivity contribution >= 4 is 5.97 Å². The van der Waals surface area contributed by atoms with Gasteiger partial charge in [0.25, 0.3) is 0 Å². The zero-order valence-electron chi connectivity index (χ0n) is 19.6. The summed E-state index contributed by atoms with van der Waals surface area (Å²) in [6.07, 6.45) is 6.75. The van der Waals surface area contributed by atoms with Gasteiger partial charge < -0.3 is 24.4 Å². The van der Waals surface area contributed by atoms with E-state index in [-0.39, 0.29) is 42.4 Å². The van der Waals surface area contributed by atoms with Crippen molar-refractivity contribution in [3.63, 3.8) is 0 Å². The van der Waals surface area contributed by atoms with Gasteiger partial charge in [-0.3, -0.25) is 4.79 Å². The summed E-state index contributed by atoms with van der Waals surface area (Å²) in [5.74, 6) is 0.338. The van der Waals surface area contributed by atoms with Crippen LogP contribution in [0.2, 0.25) is 0 Å². The normalized spacial score (nSPS) is 28.5. The van der Waals surface area contributed by atoms with Crippen molar-refractivity contribution in [3.05, 3.63) is 42.2 Å². The van der Waals surface area contributed by atoms with E-state index >= 15 is 0 Å². The molecule has 2 aliphatic rings. The van der Waals surface area contributed by atoms with Crippen LogP contribution in [0.25, 0.3) is 0 Å². The minimum Gasteiger partial charge on any atom is -0.490 e. The largest absolute Gasteiger partial charge is 0.490 e. The number of hydrogen-bond donors (Lipinski definition) is 2. The fraction of sp³-hybridized carbons (Fsp3) is 0.654. The molecule has 1 aliphatic carbocycles. The van der Waals surface area contributed by atoms with Crippen LogP contribution in [0.3, 0.4) is 0 Å². The zero-order chi connectivity index (χ0) is 23.8. The molecule has 2 fully saturated rings. The Labute approximate surface area is 195 Å². The number of rotatable bonds is 10. The summed E-state index contributed by atoms with van der Waals surface area (Å²) < 4.78 is 30.0. The molecule has 6 nitrogen and oxygen atoms in total. The Balaban J connectivity index is 1.45. The number of hydrogen-bond acceptors (Lipinski definition) is 6. The van der Waals surface area contributed by atoms with Gasteiger partial charge >= 0.3 is 5.97 Å². The summed E-state index contributed by atoms with van der Waals surface area (Å²) in [6.45, 7) is 4.36. The summed E-state index contributed by atoms with van der Waals surface area (Å²) in [6, 6.07) is 5.80. The van der Waals surface area contributed by atoms with Crippen molar-refractivity contribution in [2.45, 2.75) is 76.8 Å². The van der Waals surface area contributed by atoms with E-state index in [9.17, 15) is 19.4 Å². The highest BCUT2D eigenvalue weighted by Crippen LogP contribution is 2.42. The van der Waals surface area contributed by atoms with Gasteiger partial charge in [-0.25, -0.2) is 4.39 Å². The van der Waals surface area contributed by atoms with Crippen LogP contribution in [0.4, 0.5) is 4.39 Å². The maximum absolute atomic E-state index is 13.2. The van der Waals surface area contributed by atoms with Crippen LogP contribution in [0.5, 0.6) is 5.75 Å². The standard InChI is InChI=1S/C26H37FO6/c1-17(2)33-26(30)8-3-5-18-9-11-23-22(24(29)14-25(23)32-15-18)12-10-20(28)16-31-21-7-4-6-19(27)13-21/h4,6-7,10,12-13,17-18,20,22-25,28-29H,3,5,8-9,11,14-16H2,1-2H3/b12-10+/t18-,20+,22+,23+,24+,25-/m0/s1. The number of aliphatic hydroxyl groups is 2. The lowest BCUT2D eigenvalue weighted by molar-refractivity contribution is -0.147. The fourth-order valence-electron chi connectivity index (χ4n) is 4.85. The number of esters is 1. The number of fused-ring (bicyclic) bond motifs is 1. The summed E-state index contributed by atoms with van der Waals surface area (Å²) in [5.41, 5.74) is 0. The lowest BCUT2D eigenvalue weighted by Crippen LogP contribution is -2.22. The Hall–Kier alpha value is -1.96. The van der Waals surface area contributed by atoms with Crippen LogP contribution in [0.15, 0.2) is 36.4 Å². The molecule has 0 aromatic heterocycles. The van der Waals surface area contributed by atoms with Gasteiger partial charge in [0.15, 0.2) is 0 Å². The second kappa shape index (κ2) is 12.5. The van der Waals surface area contributed by atoms with Crippen LogP contribution in [0.1, 0.15) is 52.4 Å². The van der Waals surface area contributed by atoms with Gasteiger partial charge in [-0.05, 0) is 63.5 Å². The highest BCUT2D eigenvalue weighted by atomic mass is 19.1. The maximum Gasteiger partial charge on any atom is 0.306 e. The van der Waals surface area contributed by atoms with Crippen molar-refractivity contribution in [2.24, 2.45) is 17.8 Å². The number of aliphatic hydroxyl groups excluding tert-OH is 2. The Morgan fingerprint density at radius 1 is 1.33 bits per heavy atom. The third-order valence-corrected chi connectivity index (χ3v) is 6.48. The molecule has 184 valence electrons. The molecule has 1 aromatic carbocycles. The van der Waals surface area contributed by atoms with Crippen LogP contribution in [-0.4, -0.2) is 53.8 Å². The zero-order valence-corrected chi connectivity index (χ0v) is 19.6. The Kier molecular flexibility index (Phi) is 9.71.